The van der Waals surface area contributed by atoms with E-state index in [0.29, 0.717) is 5.75 Å². The lowest BCUT2D eigenvalue weighted by atomic mass is 10.1. The Labute approximate surface area is 140 Å². The number of benzene rings is 2. The van der Waals surface area contributed by atoms with Crippen LogP contribution in [0.1, 0.15) is 6.92 Å². The normalized spacial score (nSPS) is 11.9. The zero-order chi connectivity index (χ0) is 17.5. The molecular formula is C18H21NO5. The van der Waals surface area contributed by atoms with E-state index >= 15 is 0 Å². The number of aliphatic carboxylic acids is 1. The van der Waals surface area contributed by atoms with Gasteiger partial charge in [-0.05, 0) is 18.4 Å². The van der Waals surface area contributed by atoms with Crippen molar-refractivity contribution in [2.75, 3.05) is 26.8 Å². The minimum atomic E-state index is -1.07. The van der Waals surface area contributed by atoms with Crippen LogP contribution in [0.2, 0.25) is 0 Å². The molecule has 0 saturated heterocycles. The van der Waals surface area contributed by atoms with E-state index in [1.165, 1.54) is 12.0 Å². The van der Waals surface area contributed by atoms with E-state index in [1.54, 1.807) is 13.0 Å². The van der Waals surface area contributed by atoms with Gasteiger partial charge in [0.25, 0.3) is 5.91 Å². The Balaban J connectivity index is 2.15. The predicted molar refractivity (Wildman–Crippen MR) is 90.1 cm³/mol. The highest BCUT2D eigenvalue weighted by Gasteiger charge is 2.24. The van der Waals surface area contributed by atoms with E-state index in [2.05, 4.69) is 0 Å². The van der Waals surface area contributed by atoms with Gasteiger partial charge in [-0.1, -0.05) is 36.4 Å². The van der Waals surface area contributed by atoms with Crippen LogP contribution >= 0.6 is 0 Å². The quantitative estimate of drug-likeness (QED) is 0.802. The van der Waals surface area contributed by atoms with Crippen molar-refractivity contribution in [3.63, 3.8) is 0 Å². The maximum Gasteiger partial charge on any atom is 0.323 e. The molecule has 0 saturated carbocycles. The Hall–Kier alpha value is -2.60. The van der Waals surface area contributed by atoms with Gasteiger partial charge in [-0.15, -0.1) is 0 Å². The van der Waals surface area contributed by atoms with Crippen molar-refractivity contribution in [3.8, 4) is 5.75 Å². The Kier molecular flexibility index (Phi) is 6.14. The Morgan fingerprint density at radius 3 is 2.58 bits per heavy atom. The van der Waals surface area contributed by atoms with Gasteiger partial charge in [0.15, 0.2) is 6.10 Å². The number of ether oxygens (including phenoxy) is 2. The SMILES string of the molecule is COCCN(CC(=O)O)C(=O)C(C)Oc1cccc2ccccc12. The molecule has 1 atom stereocenters. The van der Waals surface area contributed by atoms with Gasteiger partial charge in [-0.3, -0.25) is 9.59 Å². The van der Waals surface area contributed by atoms with Crippen molar-refractivity contribution < 1.29 is 24.2 Å². The van der Waals surface area contributed by atoms with Crippen LogP contribution in [0.5, 0.6) is 5.75 Å². The molecule has 1 N–H and O–H groups in total. The molecule has 0 aromatic heterocycles. The maximum atomic E-state index is 12.5. The summed E-state index contributed by atoms with van der Waals surface area (Å²) in [5.41, 5.74) is 0. The zero-order valence-electron chi connectivity index (χ0n) is 13.8. The van der Waals surface area contributed by atoms with Crippen LogP contribution in [0.3, 0.4) is 0 Å². The number of hydrogen-bond acceptors (Lipinski definition) is 4. The number of carbonyl (C=O) groups is 2. The molecule has 0 bridgehead atoms. The van der Waals surface area contributed by atoms with E-state index in [0.717, 1.165) is 10.8 Å². The van der Waals surface area contributed by atoms with Crippen LogP contribution in [0.25, 0.3) is 10.8 Å². The van der Waals surface area contributed by atoms with Crippen molar-refractivity contribution in [1.82, 2.24) is 4.90 Å². The van der Waals surface area contributed by atoms with Gasteiger partial charge in [-0.25, -0.2) is 0 Å². The average Bonchev–Trinajstić information content (AvgIpc) is 2.58. The lowest BCUT2D eigenvalue weighted by Crippen LogP contribution is -2.44. The first-order valence-corrected chi connectivity index (χ1v) is 7.67. The molecule has 6 nitrogen and oxygen atoms in total. The number of methoxy groups -OCH3 is 1. The standard InChI is InChI=1S/C18H21NO5/c1-13(18(22)19(10-11-23-2)12-17(20)21)24-16-9-5-7-14-6-3-4-8-15(14)16/h3-9,13H,10-12H2,1-2H3,(H,20,21). The Morgan fingerprint density at radius 1 is 1.17 bits per heavy atom. The van der Waals surface area contributed by atoms with Crippen LogP contribution in [0.15, 0.2) is 42.5 Å². The van der Waals surface area contributed by atoms with Crippen LogP contribution in [-0.4, -0.2) is 54.8 Å². The second-order valence-corrected chi connectivity index (χ2v) is 5.38. The van der Waals surface area contributed by atoms with Gasteiger partial charge in [-0.2, -0.15) is 0 Å². The number of rotatable bonds is 8. The van der Waals surface area contributed by atoms with Crippen molar-refractivity contribution in [2.24, 2.45) is 0 Å². The average molecular weight is 331 g/mol. The number of carbonyl (C=O) groups excluding carboxylic acids is 1. The molecule has 0 aliphatic rings. The van der Waals surface area contributed by atoms with Crippen LogP contribution in [0, 0.1) is 0 Å². The summed E-state index contributed by atoms with van der Waals surface area (Å²) < 4.78 is 10.7. The highest BCUT2D eigenvalue weighted by Crippen LogP contribution is 2.26. The fraction of sp³-hybridized carbons (Fsp3) is 0.333. The molecule has 128 valence electrons. The molecule has 0 aliphatic heterocycles. The number of carboxylic acids is 1. The van der Waals surface area contributed by atoms with Crippen molar-refractivity contribution in [2.45, 2.75) is 13.0 Å². The third-order valence-corrected chi connectivity index (χ3v) is 3.60. The molecule has 2 aromatic carbocycles. The lowest BCUT2D eigenvalue weighted by molar-refractivity contribution is -0.147. The molecule has 1 unspecified atom stereocenters. The van der Waals surface area contributed by atoms with E-state index < -0.39 is 12.1 Å². The van der Waals surface area contributed by atoms with E-state index in [4.69, 9.17) is 14.6 Å². The maximum absolute atomic E-state index is 12.5. The summed E-state index contributed by atoms with van der Waals surface area (Å²) >= 11 is 0. The van der Waals surface area contributed by atoms with E-state index in [1.807, 2.05) is 36.4 Å². The van der Waals surface area contributed by atoms with E-state index in [-0.39, 0.29) is 25.6 Å². The summed E-state index contributed by atoms with van der Waals surface area (Å²) in [6, 6.07) is 13.3. The number of hydrogen-bond donors (Lipinski definition) is 1. The summed E-state index contributed by atoms with van der Waals surface area (Å²) in [5, 5.41) is 10.9. The third kappa shape index (κ3) is 4.45. The van der Waals surface area contributed by atoms with Gasteiger partial charge in [0, 0.05) is 19.0 Å². The first-order valence-electron chi connectivity index (χ1n) is 7.67. The molecule has 0 heterocycles. The Bertz CT molecular complexity index is 710. The second-order valence-electron chi connectivity index (χ2n) is 5.38. The third-order valence-electron chi connectivity index (χ3n) is 3.60. The first kappa shape index (κ1) is 17.7. The summed E-state index contributed by atoms with van der Waals surface area (Å²) in [4.78, 5) is 24.7. The lowest BCUT2D eigenvalue weighted by Gasteiger charge is -2.24. The highest BCUT2D eigenvalue weighted by molar-refractivity contribution is 5.89. The second kappa shape index (κ2) is 8.31. The molecular weight excluding hydrogens is 310 g/mol. The molecule has 0 spiro atoms. The monoisotopic (exact) mass is 331 g/mol. The van der Waals surface area contributed by atoms with Crippen molar-refractivity contribution >= 4 is 22.6 Å². The molecule has 2 rings (SSSR count). The fourth-order valence-electron chi connectivity index (χ4n) is 2.43. The molecule has 2 aromatic rings. The van der Waals surface area contributed by atoms with Gasteiger partial charge in [0.05, 0.1) is 6.61 Å². The first-order chi connectivity index (χ1) is 11.5. The number of nitrogens with zero attached hydrogens (tertiary/aromatic N) is 1. The fourth-order valence-corrected chi connectivity index (χ4v) is 2.43. The minimum absolute atomic E-state index is 0.199. The minimum Gasteiger partial charge on any atom is -0.480 e. The van der Waals surface area contributed by atoms with Crippen molar-refractivity contribution in [1.29, 1.82) is 0 Å². The summed E-state index contributed by atoms with van der Waals surface area (Å²) in [7, 11) is 1.50. The van der Waals surface area contributed by atoms with Gasteiger partial charge in [0.1, 0.15) is 12.3 Å². The number of carboxylic acid groups (broad SMARTS) is 1. The van der Waals surface area contributed by atoms with Crippen molar-refractivity contribution in [3.05, 3.63) is 42.5 Å². The molecule has 24 heavy (non-hydrogen) atoms. The van der Waals surface area contributed by atoms with Crippen LogP contribution in [0.4, 0.5) is 0 Å². The Morgan fingerprint density at radius 2 is 1.88 bits per heavy atom. The van der Waals surface area contributed by atoms with Gasteiger partial charge in [0.2, 0.25) is 0 Å². The van der Waals surface area contributed by atoms with Crippen LogP contribution in [-0.2, 0) is 14.3 Å². The topological polar surface area (TPSA) is 76.1 Å². The molecule has 0 fully saturated rings. The van der Waals surface area contributed by atoms with Gasteiger partial charge < -0.3 is 19.5 Å². The molecule has 0 aliphatic carbocycles. The predicted octanol–water partition coefficient (Wildman–Crippen LogP) is 2.17. The molecule has 1 amide bonds. The summed E-state index contributed by atoms with van der Waals surface area (Å²) in [6.45, 7) is 1.70. The largest absolute Gasteiger partial charge is 0.480 e. The van der Waals surface area contributed by atoms with Crippen LogP contribution < -0.4 is 4.74 Å². The number of amides is 1. The molecule has 6 heteroatoms. The summed E-state index contributed by atoms with van der Waals surface area (Å²) in [6.07, 6.45) is -0.799. The molecule has 0 radical (unpaired) electrons. The summed E-state index contributed by atoms with van der Waals surface area (Å²) in [5.74, 6) is -0.866. The highest BCUT2D eigenvalue weighted by atomic mass is 16.5. The van der Waals surface area contributed by atoms with Gasteiger partial charge >= 0.3 is 5.97 Å². The smallest absolute Gasteiger partial charge is 0.323 e. The van der Waals surface area contributed by atoms with E-state index in [9.17, 15) is 9.59 Å². The number of fused-ring (bicyclic) bond motifs is 1. The zero-order valence-corrected chi connectivity index (χ0v) is 13.8.